The average Bonchev–Trinajstić information content (AvgIpc) is 2.26. The highest BCUT2D eigenvalue weighted by Gasteiger charge is 2.22. The number of nitrogens with two attached hydrogens (primary N) is 1. The fraction of sp³-hybridized carbons (Fsp3) is 0.778. The molecular formula is C9H16N2O3S. The predicted octanol–water partition coefficient (Wildman–Crippen LogP) is -0.766. The molecule has 1 heterocycles. The summed E-state index contributed by atoms with van der Waals surface area (Å²) in [7, 11) is 0. The zero-order valence-electron chi connectivity index (χ0n) is 8.44. The van der Waals surface area contributed by atoms with Crippen LogP contribution in [0.1, 0.15) is 19.3 Å². The molecule has 0 aromatic rings. The van der Waals surface area contributed by atoms with Crippen molar-refractivity contribution < 1.29 is 14.7 Å². The smallest absolute Gasteiger partial charge is 0.248 e. The third-order valence-corrected chi connectivity index (χ3v) is 3.65. The summed E-state index contributed by atoms with van der Waals surface area (Å²) in [6.45, 7) is -0.0920. The van der Waals surface area contributed by atoms with E-state index in [1.807, 2.05) is 0 Å². The fourth-order valence-corrected chi connectivity index (χ4v) is 2.58. The summed E-state index contributed by atoms with van der Waals surface area (Å²) in [5.74, 6) is 0.0720. The highest BCUT2D eigenvalue weighted by atomic mass is 32.2. The first-order valence-electron chi connectivity index (χ1n) is 4.98. The van der Waals surface area contributed by atoms with E-state index < -0.39 is 12.0 Å². The Morgan fingerprint density at radius 1 is 1.53 bits per heavy atom. The number of thioether (sulfide) groups is 1. The predicted molar refractivity (Wildman–Crippen MR) is 58.3 cm³/mol. The van der Waals surface area contributed by atoms with Crippen LogP contribution >= 0.6 is 11.8 Å². The summed E-state index contributed by atoms with van der Waals surface area (Å²) in [6.07, 6.45) is 1.79. The summed E-state index contributed by atoms with van der Waals surface area (Å²) >= 11 is 1.62. The van der Waals surface area contributed by atoms with Gasteiger partial charge in [-0.3, -0.25) is 9.59 Å². The largest absolute Gasteiger partial charge is 0.381 e. The molecule has 1 aliphatic rings. The molecule has 15 heavy (non-hydrogen) atoms. The van der Waals surface area contributed by atoms with Crippen molar-refractivity contribution in [1.29, 1.82) is 0 Å². The van der Waals surface area contributed by atoms with Gasteiger partial charge in [0.05, 0.1) is 11.8 Å². The second kappa shape index (κ2) is 5.97. The molecule has 0 spiro atoms. The standard InChI is InChI=1S/C9H16N2O3S/c10-8(13)6(12)5-11-9(14)7-3-1-2-4-15-7/h6-7,12H,1-5H2,(H2,10,13)(H,11,14). The molecule has 2 amide bonds. The zero-order chi connectivity index (χ0) is 11.3. The molecule has 0 aromatic carbocycles. The van der Waals surface area contributed by atoms with Crippen molar-refractivity contribution in [3.8, 4) is 0 Å². The fourth-order valence-electron chi connectivity index (χ4n) is 1.36. The molecule has 0 bridgehead atoms. The Morgan fingerprint density at radius 3 is 2.80 bits per heavy atom. The first-order chi connectivity index (χ1) is 7.11. The molecule has 86 valence electrons. The van der Waals surface area contributed by atoms with E-state index in [1.54, 1.807) is 11.8 Å². The lowest BCUT2D eigenvalue weighted by Gasteiger charge is -2.20. The van der Waals surface area contributed by atoms with E-state index in [0.717, 1.165) is 25.0 Å². The van der Waals surface area contributed by atoms with E-state index >= 15 is 0 Å². The first-order valence-corrected chi connectivity index (χ1v) is 6.03. The van der Waals surface area contributed by atoms with Gasteiger partial charge in [0.25, 0.3) is 0 Å². The third kappa shape index (κ3) is 4.09. The lowest BCUT2D eigenvalue weighted by molar-refractivity contribution is -0.126. The molecule has 1 fully saturated rings. The Balaban J connectivity index is 2.25. The van der Waals surface area contributed by atoms with Gasteiger partial charge in [0.1, 0.15) is 6.10 Å². The van der Waals surface area contributed by atoms with Gasteiger partial charge >= 0.3 is 0 Å². The quantitative estimate of drug-likeness (QED) is 0.593. The van der Waals surface area contributed by atoms with Crippen LogP contribution in [-0.4, -0.2) is 40.6 Å². The minimum absolute atomic E-state index is 0.0428. The second-order valence-corrected chi connectivity index (χ2v) is 4.83. The monoisotopic (exact) mass is 232 g/mol. The van der Waals surface area contributed by atoms with Gasteiger partial charge in [-0.2, -0.15) is 0 Å². The van der Waals surface area contributed by atoms with Crippen molar-refractivity contribution in [3.63, 3.8) is 0 Å². The molecular weight excluding hydrogens is 216 g/mol. The Labute approximate surface area is 92.8 Å². The lowest BCUT2D eigenvalue weighted by Crippen LogP contribution is -2.43. The van der Waals surface area contributed by atoms with Gasteiger partial charge in [-0.05, 0) is 18.6 Å². The van der Waals surface area contributed by atoms with Gasteiger partial charge in [0.2, 0.25) is 11.8 Å². The molecule has 5 nitrogen and oxygen atoms in total. The molecule has 0 saturated carbocycles. The van der Waals surface area contributed by atoms with Crippen molar-refractivity contribution in [1.82, 2.24) is 5.32 Å². The van der Waals surface area contributed by atoms with E-state index in [1.165, 1.54) is 0 Å². The minimum atomic E-state index is -1.29. The van der Waals surface area contributed by atoms with E-state index in [2.05, 4.69) is 5.32 Å². The summed E-state index contributed by atoms with van der Waals surface area (Å²) in [4.78, 5) is 22.0. The normalized spacial score (nSPS) is 23.1. The van der Waals surface area contributed by atoms with Crippen LogP contribution in [-0.2, 0) is 9.59 Å². The highest BCUT2D eigenvalue weighted by Crippen LogP contribution is 2.24. The maximum absolute atomic E-state index is 11.5. The third-order valence-electron chi connectivity index (χ3n) is 2.27. The number of amides is 2. The lowest BCUT2D eigenvalue weighted by atomic mass is 10.2. The number of hydrogen-bond acceptors (Lipinski definition) is 4. The van der Waals surface area contributed by atoms with Crippen LogP contribution in [0.5, 0.6) is 0 Å². The minimum Gasteiger partial charge on any atom is -0.381 e. The average molecular weight is 232 g/mol. The summed E-state index contributed by atoms with van der Waals surface area (Å²) in [5.41, 5.74) is 4.86. The topological polar surface area (TPSA) is 92.4 Å². The van der Waals surface area contributed by atoms with Crippen LogP contribution in [0.3, 0.4) is 0 Å². The van der Waals surface area contributed by atoms with E-state index in [0.29, 0.717) is 0 Å². The second-order valence-electron chi connectivity index (χ2n) is 3.52. The van der Waals surface area contributed by atoms with Crippen molar-refractivity contribution in [3.05, 3.63) is 0 Å². The molecule has 0 aliphatic carbocycles. The number of hydrogen-bond donors (Lipinski definition) is 3. The summed E-state index contributed by atoms with van der Waals surface area (Å²) in [6, 6.07) is 0. The molecule has 1 saturated heterocycles. The molecule has 1 aliphatic heterocycles. The van der Waals surface area contributed by atoms with Gasteiger partial charge < -0.3 is 16.2 Å². The Morgan fingerprint density at radius 2 is 2.27 bits per heavy atom. The van der Waals surface area contributed by atoms with Gasteiger partial charge in [-0.15, -0.1) is 11.8 Å². The van der Waals surface area contributed by atoms with Gasteiger partial charge in [-0.1, -0.05) is 6.42 Å². The zero-order valence-corrected chi connectivity index (χ0v) is 9.26. The summed E-state index contributed by atoms with van der Waals surface area (Å²) in [5, 5.41) is 11.6. The highest BCUT2D eigenvalue weighted by molar-refractivity contribution is 8.00. The van der Waals surface area contributed by atoms with Crippen LogP contribution in [0, 0.1) is 0 Å². The Kier molecular flexibility index (Phi) is 4.90. The number of carbonyl (C=O) groups excluding carboxylic acids is 2. The number of rotatable bonds is 4. The maximum Gasteiger partial charge on any atom is 0.248 e. The number of nitrogens with one attached hydrogen (secondary N) is 1. The molecule has 2 unspecified atom stereocenters. The SMILES string of the molecule is NC(=O)C(O)CNC(=O)C1CCCCS1. The van der Waals surface area contributed by atoms with E-state index in [9.17, 15) is 9.59 Å². The van der Waals surface area contributed by atoms with Gasteiger partial charge in [-0.25, -0.2) is 0 Å². The van der Waals surface area contributed by atoms with Crippen molar-refractivity contribution >= 4 is 23.6 Å². The van der Waals surface area contributed by atoms with Crippen LogP contribution in [0.4, 0.5) is 0 Å². The number of primary amides is 1. The molecule has 0 aromatic heterocycles. The number of carbonyl (C=O) groups is 2. The van der Waals surface area contributed by atoms with E-state index in [-0.39, 0.29) is 17.7 Å². The van der Waals surface area contributed by atoms with Crippen LogP contribution in [0.2, 0.25) is 0 Å². The number of aliphatic hydroxyl groups excluding tert-OH is 1. The van der Waals surface area contributed by atoms with Gasteiger partial charge in [0.15, 0.2) is 0 Å². The molecule has 0 radical (unpaired) electrons. The van der Waals surface area contributed by atoms with E-state index in [4.69, 9.17) is 10.8 Å². The molecule has 6 heteroatoms. The van der Waals surface area contributed by atoms with Crippen LogP contribution < -0.4 is 11.1 Å². The molecule has 2 atom stereocenters. The molecule has 1 rings (SSSR count). The van der Waals surface area contributed by atoms with Crippen molar-refractivity contribution in [2.75, 3.05) is 12.3 Å². The maximum atomic E-state index is 11.5. The first kappa shape index (κ1) is 12.3. The van der Waals surface area contributed by atoms with Crippen molar-refractivity contribution in [2.45, 2.75) is 30.6 Å². The Hall–Kier alpha value is -0.750. The summed E-state index contributed by atoms with van der Waals surface area (Å²) < 4.78 is 0. The number of aliphatic hydroxyl groups is 1. The van der Waals surface area contributed by atoms with Crippen molar-refractivity contribution in [2.24, 2.45) is 5.73 Å². The van der Waals surface area contributed by atoms with Crippen LogP contribution in [0.25, 0.3) is 0 Å². The van der Waals surface area contributed by atoms with Crippen LogP contribution in [0.15, 0.2) is 0 Å². The Bertz CT molecular complexity index is 242. The van der Waals surface area contributed by atoms with Gasteiger partial charge in [0, 0.05) is 0 Å². The molecule has 4 N–H and O–H groups in total.